The molecule has 2 rings (SSSR count). The molecule has 0 fully saturated rings. The second-order valence-electron chi connectivity index (χ2n) is 3.22. The van der Waals surface area contributed by atoms with Crippen LogP contribution in [-0.2, 0) is 4.79 Å². The number of thiophene rings is 1. The summed E-state index contributed by atoms with van der Waals surface area (Å²) in [6, 6.07) is 8.08. The third-order valence-electron chi connectivity index (χ3n) is 2.14. The van der Waals surface area contributed by atoms with Crippen molar-refractivity contribution in [3.8, 4) is 0 Å². The average molecular weight is 221 g/mol. The van der Waals surface area contributed by atoms with Gasteiger partial charge in [0, 0.05) is 22.0 Å². The molecular weight excluding hydrogens is 210 g/mol. The van der Waals surface area contributed by atoms with Crippen molar-refractivity contribution in [2.24, 2.45) is 0 Å². The van der Waals surface area contributed by atoms with Crippen LogP contribution in [0.2, 0.25) is 0 Å². The van der Waals surface area contributed by atoms with Gasteiger partial charge in [-0.1, -0.05) is 18.2 Å². The Bertz CT molecular complexity index is 478. The van der Waals surface area contributed by atoms with Gasteiger partial charge in [-0.2, -0.15) is 0 Å². The van der Waals surface area contributed by atoms with Crippen LogP contribution in [0.5, 0.6) is 0 Å². The Morgan fingerprint density at radius 3 is 3.00 bits per heavy atom. The summed E-state index contributed by atoms with van der Waals surface area (Å²) in [5.74, 6) is -0.776. The summed E-state index contributed by atoms with van der Waals surface area (Å²) in [5.41, 5.74) is 1.02. The van der Waals surface area contributed by atoms with Gasteiger partial charge in [0.05, 0.1) is 12.1 Å². The Balaban J connectivity index is 2.11. The van der Waals surface area contributed by atoms with E-state index in [2.05, 4.69) is 11.4 Å². The Hall–Kier alpha value is -1.55. The van der Waals surface area contributed by atoms with Gasteiger partial charge in [-0.3, -0.25) is 4.79 Å². The molecule has 1 aromatic heterocycles. The summed E-state index contributed by atoms with van der Waals surface area (Å²) in [4.78, 5) is 10.4. The van der Waals surface area contributed by atoms with Gasteiger partial charge in [-0.25, -0.2) is 0 Å². The van der Waals surface area contributed by atoms with Crippen LogP contribution >= 0.6 is 11.3 Å². The molecule has 0 saturated heterocycles. The van der Waals surface area contributed by atoms with Crippen molar-refractivity contribution < 1.29 is 9.90 Å². The Kier molecular flexibility index (Phi) is 2.87. The molecule has 0 atom stereocenters. The van der Waals surface area contributed by atoms with Gasteiger partial charge in [0.25, 0.3) is 0 Å². The highest BCUT2D eigenvalue weighted by Crippen LogP contribution is 2.29. The summed E-state index contributed by atoms with van der Waals surface area (Å²) in [5, 5.41) is 14.8. The molecule has 3 nitrogen and oxygen atoms in total. The van der Waals surface area contributed by atoms with E-state index < -0.39 is 5.97 Å². The Labute approximate surface area is 91.4 Å². The van der Waals surface area contributed by atoms with E-state index in [9.17, 15) is 4.79 Å². The third kappa shape index (κ3) is 2.27. The zero-order valence-electron chi connectivity index (χ0n) is 8.06. The Morgan fingerprint density at radius 2 is 2.20 bits per heavy atom. The van der Waals surface area contributed by atoms with Crippen LogP contribution in [0, 0.1) is 0 Å². The first-order chi connectivity index (χ1) is 7.27. The molecule has 0 aliphatic heterocycles. The first-order valence-corrected chi connectivity index (χ1v) is 5.57. The summed E-state index contributed by atoms with van der Waals surface area (Å²) in [6.45, 7) is 0.468. The van der Waals surface area contributed by atoms with Crippen molar-refractivity contribution in [2.45, 2.75) is 6.42 Å². The van der Waals surface area contributed by atoms with E-state index >= 15 is 0 Å². The first-order valence-electron chi connectivity index (χ1n) is 4.69. The van der Waals surface area contributed by atoms with Crippen molar-refractivity contribution in [2.75, 3.05) is 11.9 Å². The van der Waals surface area contributed by atoms with Crippen molar-refractivity contribution in [3.63, 3.8) is 0 Å². The van der Waals surface area contributed by atoms with E-state index in [0.717, 1.165) is 11.1 Å². The number of anilines is 1. The average Bonchev–Trinajstić information content (AvgIpc) is 2.62. The van der Waals surface area contributed by atoms with E-state index in [-0.39, 0.29) is 6.42 Å². The fourth-order valence-electron chi connectivity index (χ4n) is 1.42. The van der Waals surface area contributed by atoms with Crippen LogP contribution < -0.4 is 5.32 Å². The highest BCUT2D eigenvalue weighted by molar-refractivity contribution is 7.17. The topological polar surface area (TPSA) is 49.3 Å². The molecule has 0 bridgehead atoms. The quantitative estimate of drug-likeness (QED) is 0.834. The maximum Gasteiger partial charge on any atom is 0.305 e. The molecule has 0 amide bonds. The standard InChI is InChI=1S/C11H11NO2S/c13-11(14)5-6-12-9-7-15-10-4-2-1-3-8(9)10/h1-4,7,12H,5-6H2,(H,13,14). The van der Waals surface area contributed by atoms with Crippen LogP contribution in [0.4, 0.5) is 5.69 Å². The van der Waals surface area contributed by atoms with Crippen LogP contribution in [-0.4, -0.2) is 17.6 Å². The van der Waals surface area contributed by atoms with E-state index in [1.54, 1.807) is 11.3 Å². The van der Waals surface area contributed by atoms with Crippen LogP contribution in [0.1, 0.15) is 6.42 Å². The number of carbonyl (C=O) groups is 1. The summed E-state index contributed by atoms with van der Waals surface area (Å²) in [7, 11) is 0. The molecule has 1 aromatic carbocycles. The number of benzene rings is 1. The number of rotatable bonds is 4. The molecule has 0 unspecified atom stereocenters. The predicted octanol–water partition coefficient (Wildman–Crippen LogP) is 2.79. The molecular formula is C11H11NO2S. The lowest BCUT2D eigenvalue weighted by atomic mass is 10.2. The third-order valence-corrected chi connectivity index (χ3v) is 3.10. The van der Waals surface area contributed by atoms with Gasteiger partial charge in [0.1, 0.15) is 0 Å². The summed E-state index contributed by atoms with van der Waals surface area (Å²) in [6.07, 6.45) is 0.143. The van der Waals surface area contributed by atoms with Gasteiger partial charge in [-0.15, -0.1) is 11.3 Å². The smallest absolute Gasteiger partial charge is 0.305 e. The van der Waals surface area contributed by atoms with E-state index in [1.165, 1.54) is 4.70 Å². The monoisotopic (exact) mass is 221 g/mol. The number of carboxylic acids is 1. The van der Waals surface area contributed by atoms with Gasteiger partial charge in [0.15, 0.2) is 0 Å². The first kappa shape index (κ1) is 9.98. The van der Waals surface area contributed by atoms with Gasteiger partial charge >= 0.3 is 5.97 Å². The SMILES string of the molecule is O=C(O)CCNc1csc2ccccc12. The van der Waals surface area contributed by atoms with Gasteiger partial charge in [-0.05, 0) is 6.07 Å². The molecule has 0 spiro atoms. The van der Waals surface area contributed by atoms with E-state index in [0.29, 0.717) is 6.54 Å². The second kappa shape index (κ2) is 4.31. The molecule has 15 heavy (non-hydrogen) atoms. The number of fused-ring (bicyclic) bond motifs is 1. The summed E-state index contributed by atoms with van der Waals surface area (Å²) >= 11 is 1.66. The normalized spacial score (nSPS) is 10.4. The molecule has 4 heteroatoms. The fraction of sp³-hybridized carbons (Fsp3) is 0.182. The highest BCUT2D eigenvalue weighted by Gasteiger charge is 2.02. The predicted molar refractivity (Wildman–Crippen MR) is 62.6 cm³/mol. The highest BCUT2D eigenvalue weighted by atomic mass is 32.1. The maximum absolute atomic E-state index is 10.4. The van der Waals surface area contributed by atoms with Crippen molar-refractivity contribution in [1.82, 2.24) is 0 Å². The molecule has 2 N–H and O–H groups in total. The van der Waals surface area contributed by atoms with Crippen LogP contribution in [0.15, 0.2) is 29.6 Å². The minimum absolute atomic E-state index is 0.143. The van der Waals surface area contributed by atoms with Crippen molar-refractivity contribution in [1.29, 1.82) is 0 Å². The van der Waals surface area contributed by atoms with Crippen molar-refractivity contribution in [3.05, 3.63) is 29.6 Å². The second-order valence-corrected chi connectivity index (χ2v) is 4.13. The molecule has 0 aliphatic rings. The largest absolute Gasteiger partial charge is 0.481 e. The number of hydrogen-bond donors (Lipinski definition) is 2. The Morgan fingerprint density at radius 1 is 1.40 bits per heavy atom. The zero-order chi connectivity index (χ0) is 10.7. The lowest BCUT2D eigenvalue weighted by molar-refractivity contribution is -0.136. The number of carboxylic acid groups (broad SMARTS) is 1. The molecule has 0 radical (unpaired) electrons. The summed E-state index contributed by atoms with van der Waals surface area (Å²) < 4.78 is 1.22. The lowest BCUT2D eigenvalue weighted by Crippen LogP contribution is -2.06. The lowest BCUT2D eigenvalue weighted by Gasteiger charge is -2.02. The fourth-order valence-corrected chi connectivity index (χ4v) is 2.34. The number of nitrogens with one attached hydrogen (secondary N) is 1. The minimum Gasteiger partial charge on any atom is -0.481 e. The molecule has 78 valence electrons. The minimum atomic E-state index is -0.776. The maximum atomic E-state index is 10.4. The molecule has 0 aliphatic carbocycles. The van der Waals surface area contributed by atoms with Gasteiger partial charge < -0.3 is 10.4 Å². The molecule has 1 heterocycles. The van der Waals surface area contributed by atoms with E-state index in [1.807, 2.05) is 23.6 Å². The molecule has 2 aromatic rings. The van der Waals surface area contributed by atoms with Crippen molar-refractivity contribution >= 4 is 33.1 Å². The molecule has 0 saturated carbocycles. The number of aliphatic carboxylic acids is 1. The van der Waals surface area contributed by atoms with Crippen LogP contribution in [0.3, 0.4) is 0 Å². The zero-order valence-corrected chi connectivity index (χ0v) is 8.88. The van der Waals surface area contributed by atoms with E-state index in [4.69, 9.17) is 5.11 Å². The van der Waals surface area contributed by atoms with Gasteiger partial charge in [0.2, 0.25) is 0 Å². The number of hydrogen-bond acceptors (Lipinski definition) is 3. The van der Waals surface area contributed by atoms with Crippen LogP contribution in [0.25, 0.3) is 10.1 Å².